The van der Waals surface area contributed by atoms with Crippen molar-refractivity contribution in [3.8, 4) is 0 Å². The second-order valence-electron chi connectivity index (χ2n) is 3.73. The maximum absolute atomic E-state index is 11.1. The van der Waals surface area contributed by atoms with E-state index in [1.54, 1.807) is 0 Å². The van der Waals surface area contributed by atoms with E-state index in [4.69, 9.17) is 30.5 Å². The summed E-state index contributed by atoms with van der Waals surface area (Å²) in [5, 5.41) is 53.9. The number of carbonyl (C=O) groups is 4. The number of aromatic carboxylic acids is 4. The molecule has 0 radical (unpaired) electrons. The molecule has 0 aliphatic carbocycles. The van der Waals surface area contributed by atoms with Crippen LogP contribution in [0.2, 0.25) is 0 Å². The number of carboxylic acids is 4. The smallest absolute Gasteiger partial charge is 0.478 e. The van der Waals surface area contributed by atoms with Crippen molar-refractivity contribution in [2.45, 2.75) is 0 Å². The Morgan fingerprint density at radius 3 is 1.43 bits per heavy atom. The largest absolute Gasteiger partial charge is 0.489 e. The monoisotopic (exact) mass is 298 g/mol. The second-order valence-corrected chi connectivity index (χ2v) is 3.73. The standard InChI is InChI=1S/C10H7BO10/c12-7(13)2-1-3(11(20)21)5(9(16)17)6(10(18)19)4(2)8(14)15/h1,20-21H,(H,12,13)(H,14,15)(H,16,17)(H,18,19). The molecule has 0 unspecified atom stereocenters. The lowest BCUT2D eigenvalue weighted by atomic mass is 9.73. The van der Waals surface area contributed by atoms with Crippen molar-refractivity contribution in [1.82, 2.24) is 0 Å². The van der Waals surface area contributed by atoms with Crippen LogP contribution in [0.3, 0.4) is 0 Å². The predicted molar refractivity (Wildman–Crippen MR) is 64.1 cm³/mol. The lowest BCUT2D eigenvalue weighted by Gasteiger charge is -2.13. The first-order valence-corrected chi connectivity index (χ1v) is 5.09. The van der Waals surface area contributed by atoms with E-state index in [1.807, 2.05) is 0 Å². The van der Waals surface area contributed by atoms with Gasteiger partial charge in [-0.2, -0.15) is 0 Å². The van der Waals surface area contributed by atoms with Crippen molar-refractivity contribution in [3.05, 3.63) is 28.3 Å². The predicted octanol–water partition coefficient (Wildman–Crippen LogP) is -1.84. The van der Waals surface area contributed by atoms with Crippen LogP contribution < -0.4 is 5.46 Å². The molecule has 11 heteroatoms. The quantitative estimate of drug-likeness (QED) is 0.337. The average molecular weight is 298 g/mol. The Kier molecular flexibility index (Phi) is 4.31. The summed E-state index contributed by atoms with van der Waals surface area (Å²) < 4.78 is 0. The Balaban J connectivity index is 4.08. The van der Waals surface area contributed by atoms with E-state index in [-0.39, 0.29) is 0 Å². The van der Waals surface area contributed by atoms with E-state index in [0.29, 0.717) is 6.07 Å². The van der Waals surface area contributed by atoms with Crippen molar-refractivity contribution in [1.29, 1.82) is 0 Å². The summed E-state index contributed by atoms with van der Waals surface area (Å²) in [5.74, 6) is -7.83. The van der Waals surface area contributed by atoms with Gasteiger partial charge in [-0.15, -0.1) is 0 Å². The van der Waals surface area contributed by atoms with Gasteiger partial charge in [-0.05, 0) is 11.5 Å². The molecule has 10 nitrogen and oxygen atoms in total. The van der Waals surface area contributed by atoms with Crippen LogP contribution in [0.15, 0.2) is 6.07 Å². The van der Waals surface area contributed by atoms with Gasteiger partial charge in [-0.25, -0.2) is 19.2 Å². The summed E-state index contributed by atoms with van der Waals surface area (Å²) in [6.45, 7) is 0. The molecule has 0 amide bonds. The molecule has 0 aromatic heterocycles. The van der Waals surface area contributed by atoms with Crippen LogP contribution in [0.25, 0.3) is 0 Å². The van der Waals surface area contributed by atoms with Gasteiger partial charge in [-0.1, -0.05) is 0 Å². The van der Waals surface area contributed by atoms with Crippen molar-refractivity contribution >= 4 is 36.5 Å². The Bertz CT molecular complexity index is 662. The third kappa shape index (κ3) is 2.83. The molecule has 0 heterocycles. The van der Waals surface area contributed by atoms with Crippen LogP contribution in [-0.2, 0) is 0 Å². The fourth-order valence-corrected chi connectivity index (χ4v) is 1.74. The molecule has 6 N–H and O–H groups in total. The van der Waals surface area contributed by atoms with Crippen LogP contribution in [-0.4, -0.2) is 61.5 Å². The van der Waals surface area contributed by atoms with E-state index in [2.05, 4.69) is 0 Å². The molecule has 110 valence electrons. The van der Waals surface area contributed by atoms with Crippen LogP contribution in [0.4, 0.5) is 0 Å². The van der Waals surface area contributed by atoms with Gasteiger partial charge >= 0.3 is 31.0 Å². The molecule has 0 saturated carbocycles. The van der Waals surface area contributed by atoms with Crippen LogP contribution >= 0.6 is 0 Å². The van der Waals surface area contributed by atoms with Crippen molar-refractivity contribution in [2.75, 3.05) is 0 Å². The summed E-state index contributed by atoms with van der Waals surface area (Å²) in [4.78, 5) is 44.3. The molecule has 0 aliphatic heterocycles. The first kappa shape index (κ1) is 16.1. The SMILES string of the molecule is O=C(O)c1cc(B(O)O)c(C(=O)O)c(C(=O)O)c1C(=O)O. The summed E-state index contributed by atoms with van der Waals surface area (Å²) in [7, 11) is -2.50. The fourth-order valence-electron chi connectivity index (χ4n) is 1.74. The first-order valence-electron chi connectivity index (χ1n) is 5.09. The van der Waals surface area contributed by atoms with Crippen molar-refractivity contribution in [3.63, 3.8) is 0 Å². The van der Waals surface area contributed by atoms with Gasteiger partial charge in [0.05, 0.1) is 22.3 Å². The molecule has 0 fully saturated rings. The second kappa shape index (κ2) is 5.60. The zero-order valence-corrected chi connectivity index (χ0v) is 9.97. The van der Waals surface area contributed by atoms with Gasteiger partial charge in [0.15, 0.2) is 0 Å². The fraction of sp³-hybridized carbons (Fsp3) is 0. The Labute approximate surface area is 115 Å². The van der Waals surface area contributed by atoms with E-state index in [0.717, 1.165) is 0 Å². The van der Waals surface area contributed by atoms with Gasteiger partial charge in [0.1, 0.15) is 0 Å². The molecule has 0 saturated heterocycles. The molecule has 0 spiro atoms. The summed E-state index contributed by atoms with van der Waals surface area (Å²) in [6.07, 6.45) is 0. The van der Waals surface area contributed by atoms with E-state index >= 15 is 0 Å². The third-order valence-corrected chi connectivity index (χ3v) is 2.51. The Hall–Kier alpha value is -2.92. The number of carboxylic acid groups (broad SMARTS) is 4. The zero-order chi connectivity index (χ0) is 16.5. The van der Waals surface area contributed by atoms with Crippen LogP contribution in [0, 0.1) is 0 Å². The highest BCUT2D eigenvalue weighted by Gasteiger charge is 2.35. The highest BCUT2D eigenvalue weighted by molar-refractivity contribution is 6.61. The minimum atomic E-state index is -2.50. The Morgan fingerprint density at radius 1 is 0.714 bits per heavy atom. The number of hydrogen-bond donors (Lipinski definition) is 6. The zero-order valence-electron chi connectivity index (χ0n) is 9.97. The summed E-state index contributed by atoms with van der Waals surface area (Å²) in [5.41, 5.74) is -5.84. The molecule has 21 heavy (non-hydrogen) atoms. The normalized spacial score (nSPS) is 10.0. The van der Waals surface area contributed by atoms with E-state index in [1.165, 1.54) is 0 Å². The highest BCUT2D eigenvalue weighted by atomic mass is 16.4. The Morgan fingerprint density at radius 2 is 1.14 bits per heavy atom. The summed E-state index contributed by atoms with van der Waals surface area (Å²) in [6, 6.07) is 0.395. The van der Waals surface area contributed by atoms with Gasteiger partial charge in [0.25, 0.3) is 0 Å². The van der Waals surface area contributed by atoms with Crippen molar-refractivity contribution < 1.29 is 49.7 Å². The molecular formula is C10H7BO10. The minimum Gasteiger partial charge on any atom is -0.478 e. The molecule has 0 aliphatic rings. The molecule has 0 atom stereocenters. The topological polar surface area (TPSA) is 190 Å². The maximum atomic E-state index is 11.1. The van der Waals surface area contributed by atoms with Crippen LogP contribution in [0.1, 0.15) is 41.4 Å². The summed E-state index contributed by atoms with van der Waals surface area (Å²) >= 11 is 0. The number of benzene rings is 1. The van der Waals surface area contributed by atoms with Gasteiger partial charge in [-0.3, -0.25) is 0 Å². The lowest BCUT2D eigenvalue weighted by Crippen LogP contribution is -2.38. The molecule has 1 aromatic carbocycles. The molecule has 1 rings (SSSR count). The molecule has 0 bridgehead atoms. The first-order chi connectivity index (χ1) is 9.59. The van der Waals surface area contributed by atoms with Gasteiger partial charge < -0.3 is 30.5 Å². The van der Waals surface area contributed by atoms with Crippen molar-refractivity contribution in [2.24, 2.45) is 0 Å². The van der Waals surface area contributed by atoms with E-state index < -0.39 is 58.7 Å². The molecular weight excluding hydrogens is 291 g/mol. The van der Waals surface area contributed by atoms with Gasteiger partial charge in [0, 0.05) is 0 Å². The lowest BCUT2D eigenvalue weighted by molar-refractivity contribution is 0.0620. The maximum Gasteiger partial charge on any atom is 0.489 e. The average Bonchev–Trinajstić information content (AvgIpc) is 2.34. The van der Waals surface area contributed by atoms with Gasteiger partial charge in [0.2, 0.25) is 0 Å². The number of hydrogen-bond acceptors (Lipinski definition) is 6. The number of rotatable bonds is 5. The van der Waals surface area contributed by atoms with E-state index in [9.17, 15) is 19.2 Å². The molecule has 1 aromatic rings. The van der Waals surface area contributed by atoms with Crippen LogP contribution in [0.5, 0.6) is 0 Å². The third-order valence-electron chi connectivity index (χ3n) is 2.51. The highest BCUT2D eigenvalue weighted by Crippen LogP contribution is 2.20. The minimum absolute atomic E-state index is 0.395.